The Morgan fingerprint density at radius 2 is 1.68 bits per heavy atom. The minimum atomic E-state index is -5.95. The summed E-state index contributed by atoms with van der Waals surface area (Å²) in [4.78, 5) is 18.2. The van der Waals surface area contributed by atoms with E-state index in [0.717, 1.165) is 0 Å². The van der Waals surface area contributed by atoms with Crippen LogP contribution in [0, 0.1) is 6.92 Å². The fraction of sp³-hybridized carbons (Fsp3) is 0.154. The Bertz CT molecular complexity index is 1880. The second-order valence-corrected chi connectivity index (χ2v) is 10.8. The monoisotopic (exact) mass is 561 g/mol. The van der Waals surface area contributed by atoms with Crippen LogP contribution in [-0.2, 0) is 16.6 Å². The molecule has 38 heavy (non-hydrogen) atoms. The third kappa shape index (κ3) is 4.11. The first kappa shape index (κ1) is 25.8. The van der Waals surface area contributed by atoms with Crippen LogP contribution in [0.15, 0.2) is 71.5 Å². The number of benzene rings is 3. The molecule has 2 aromatic heterocycles. The molecule has 0 spiro atoms. The Labute approximate surface area is 219 Å². The summed E-state index contributed by atoms with van der Waals surface area (Å²) in [6, 6.07) is 17.2. The van der Waals surface area contributed by atoms with Crippen LogP contribution in [0.2, 0.25) is 5.02 Å². The molecule has 0 aliphatic carbocycles. The van der Waals surface area contributed by atoms with Crippen molar-refractivity contribution in [3.05, 3.63) is 93.2 Å². The average Bonchev–Trinajstić information content (AvgIpc) is 3.26. The van der Waals surface area contributed by atoms with Crippen LogP contribution in [0.1, 0.15) is 11.1 Å². The SMILES string of the molecule is COc1ccc(Cn2c(=O)c(-c3nc4ccccc4n3S(=O)(=O)C(F)(F)F)c(C)c3cc(Cl)ccc32)cc1. The van der Waals surface area contributed by atoms with Crippen LogP contribution < -0.4 is 10.3 Å². The van der Waals surface area contributed by atoms with Gasteiger partial charge in [-0.2, -0.15) is 21.6 Å². The number of halogens is 4. The number of fused-ring (bicyclic) bond motifs is 2. The number of hydrogen-bond donors (Lipinski definition) is 0. The van der Waals surface area contributed by atoms with Crippen LogP contribution in [0.3, 0.4) is 0 Å². The quantitative estimate of drug-likeness (QED) is 0.273. The first-order valence-corrected chi connectivity index (χ1v) is 13.0. The molecule has 2 heterocycles. The van der Waals surface area contributed by atoms with E-state index in [1.165, 1.54) is 42.9 Å². The third-order valence-electron chi connectivity index (χ3n) is 6.26. The second-order valence-electron chi connectivity index (χ2n) is 8.54. The fourth-order valence-electron chi connectivity index (χ4n) is 4.43. The van der Waals surface area contributed by atoms with Crippen molar-refractivity contribution >= 4 is 43.6 Å². The number of aromatic nitrogens is 3. The molecule has 0 N–H and O–H groups in total. The molecule has 0 aliphatic rings. The zero-order valence-electron chi connectivity index (χ0n) is 20.0. The van der Waals surface area contributed by atoms with E-state index in [0.29, 0.717) is 27.2 Å². The predicted molar refractivity (Wildman–Crippen MR) is 139 cm³/mol. The van der Waals surface area contributed by atoms with Gasteiger partial charge in [0.05, 0.1) is 35.8 Å². The van der Waals surface area contributed by atoms with Crippen LogP contribution in [0.5, 0.6) is 5.75 Å². The largest absolute Gasteiger partial charge is 0.517 e. The summed E-state index contributed by atoms with van der Waals surface area (Å²) in [7, 11) is -4.43. The Morgan fingerprint density at radius 1 is 1.00 bits per heavy atom. The summed E-state index contributed by atoms with van der Waals surface area (Å²) >= 11 is 6.24. The number of methoxy groups -OCH3 is 1. The van der Waals surface area contributed by atoms with E-state index in [1.54, 1.807) is 42.5 Å². The number of nitrogens with zero attached hydrogens (tertiary/aromatic N) is 3. The van der Waals surface area contributed by atoms with Gasteiger partial charge in [0.1, 0.15) is 5.75 Å². The van der Waals surface area contributed by atoms with Crippen molar-refractivity contribution in [3.63, 3.8) is 0 Å². The number of imidazole rings is 1. The Hall–Kier alpha value is -3.83. The molecule has 0 amide bonds. The minimum absolute atomic E-state index is 0.0120. The number of rotatable bonds is 5. The molecular formula is C26H19ClF3N3O4S. The smallest absolute Gasteiger partial charge is 0.497 e. The van der Waals surface area contributed by atoms with E-state index in [2.05, 4.69) is 4.98 Å². The van der Waals surface area contributed by atoms with Gasteiger partial charge in [0, 0.05) is 10.4 Å². The molecule has 0 saturated heterocycles. The molecule has 196 valence electrons. The molecule has 3 aromatic carbocycles. The number of pyridine rings is 1. The van der Waals surface area contributed by atoms with Crippen molar-refractivity contribution in [3.8, 4) is 17.1 Å². The van der Waals surface area contributed by atoms with Gasteiger partial charge >= 0.3 is 15.5 Å². The zero-order chi connectivity index (χ0) is 27.4. The van der Waals surface area contributed by atoms with E-state index in [9.17, 15) is 26.4 Å². The van der Waals surface area contributed by atoms with E-state index < -0.39 is 26.9 Å². The van der Waals surface area contributed by atoms with Crippen molar-refractivity contribution in [1.82, 2.24) is 13.5 Å². The minimum Gasteiger partial charge on any atom is -0.497 e. The lowest BCUT2D eigenvalue weighted by Gasteiger charge is -2.18. The first-order valence-electron chi connectivity index (χ1n) is 11.2. The summed E-state index contributed by atoms with van der Waals surface area (Å²) in [5.41, 5.74) is -5.52. The van der Waals surface area contributed by atoms with E-state index in [4.69, 9.17) is 16.3 Å². The fourth-order valence-corrected chi connectivity index (χ4v) is 5.58. The zero-order valence-corrected chi connectivity index (χ0v) is 21.5. The average molecular weight is 562 g/mol. The normalized spacial score (nSPS) is 12.4. The highest BCUT2D eigenvalue weighted by Gasteiger charge is 2.49. The van der Waals surface area contributed by atoms with Crippen molar-refractivity contribution in [2.75, 3.05) is 7.11 Å². The van der Waals surface area contributed by atoms with Gasteiger partial charge in [-0.1, -0.05) is 35.9 Å². The molecule has 0 aliphatic heterocycles. The van der Waals surface area contributed by atoms with Crippen molar-refractivity contribution < 1.29 is 26.3 Å². The van der Waals surface area contributed by atoms with Gasteiger partial charge in [-0.3, -0.25) is 4.79 Å². The highest BCUT2D eigenvalue weighted by molar-refractivity contribution is 7.91. The Morgan fingerprint density at radius 3 is 2.34 bits per heavy atom. The standard InChI is InChI=1S/C26H19ClF3N3O4S/c1-15-19-13-17(27)9-12-21(19)32(14-16-7-10-18(37-2)11-8-16)25(34)23(15)24-31-20-5-3-4-6-22(20)33(24)38(35,36)26(28,29)30/h3-13H,14H2,1-2H3. The predicted octanol–water partition coefficient (Wildman–Crippen LogP) is 5.73. The van der Waals surface area contributed by atoms with Crippen molar-refractivity contribution in [2.45, 2.75) is 19.0 Å². The molecule has 5 rings (SSSR count). The highest BCUT2D eigenvalue weighted by atomic mass is 35.5. The maximum atomic E-state index is 14.0. The van der Waals surface area contributed by atoms with E-state index in [1.807, 2.05) is 0 Å². The second kappa shape index (κ2) is 9.17. The molecular weight excluding hydrogens is 543 g/mol. The van der Waals surface area contributed by atoms with Crippen molar-refractivity contribution in [2.24, 2.45) is 0 Å². The first-order chi connectivity index (χ1) is 17.9. The third-order valence-corrected chi connectivity index (χ3v) is 7.93. The van der Waals surface area contributed by atoms with Crippen LogP contribution >= 0.6 is 11.6 Å². The summed E-state index contributed by atoms with van der Waals surface area (Å²) in [6.07, 6.45) is 0. The van der Waals surface area contributed by atoms with Crippen LogP contribution in [0.25, 0.3) is 33.3 Å². The van der Waals surface area contributed by atoms with E-state index in [-0.39, 0.29) is 32.7 Å². The van der Waals surface area contributed by atoms with Crippen LogP contribution in [0.4, 0.5) is 13.2 Å². The summed E-state index contributed by atoms with van der Waals surface area (Å²) < 4.78 is 73.6. The highest BCUT2D eigenvalue weighted by Crippen LogP contribution is 2.35. The van der Waals surface area contributed by atoms with Crippen LogP contribution in [-0.4, -0.2) is 34.6 Å². The number of para-hydroxylation sites is 2. The van der Waals surface area contributed by atoms with Gasteiger partial charge in [0.25, 0.3) is 5.56 Å². The van der Waals surface area contributed by atoms with Gasteiger partial charge in [-0.15, -0.1) is 0 Å². The molecule has 0 unspecified atom stereocenters. The maximum absolute atomic E-state index is 14.0. The lowest BCUT2D eigenvalue weighted by atomic mass is 10.0. The van der Waals surface area contributed by atoms with E-state index >= 15 is 0 Å². The lowest BCUT2D eigenvalue weighted by molar-refractivity contribution is -0.0444. The van der Waals surface area contributed by atoms with Crippen molar-refractivity contribution in [1.29, 1.82) is 0 Å². The summed E-state index contributed by atoms with van der Waals surface area (Å²) in [5, 5.41) is 0.793. The molecule has 0 bridgehead atoms. The molecule has 0 radical (unpaired) electrons. The van der Waals surface area contributed by atoms with Gasteiger partial charge in [-0.25, -0.2) is 8.96 Å². The number of aryl methyl sites for hydroxylation is 1. The van der Waals surface area contributed by atoms with Gasteiger partial charge in [0.2, 0.25) is 0 Å². The lowest BCUT2D eigenvalue weighted by Crippen LogP contribution is -2.32. The maximum Gasteiger partial charge on any atom is 0.517 e. The van der Waals surface area contributed by atoms with Gasteiger partial charge in [0.15, 0.2) is 5.82 Å². The molecule has 7 nitrogen and oxygen atoms in total. The molecule has 5 aromatic rings. The molecule has 12 heteroatoms. The Balaban J connectivity index is 1.88. The number of hydrogen-bond acceptors (Lipinski definition) is 5. The molecule has 0 atom stereocenters. The molecule has 0 saturated carbocycles. The summed E-state index contributed by atoms with van der Waals surface area (Å²) in [5.74, 6) is -0.0233. The Kier molecular flexibility index (Phi) is 6.23. The number of alkyl halides is 3. The number of ether oxygens (including phenoxy) is 1. The topological polar surface area (TPSA) is 83.2 Å². The summed E-state index contributed by atoms with van der Waals surface area (Å²) in [6.45, 7) is 1.57. The van der Waals surface area contributed by atoms with Gasteiger partial charge in [-0.05, 0) is 60.5 Å². The van der Waals surface area contributed by atoms with Gasteiger partial charge < -0.3 is 9.30 Å². The molecule has 0 fully saturated rings.